The Balaban J connectivity index is 2.06. The minimum absolute atomic E-state index is 0.308. The van der Waals surface area contributed by atoms with Gasteiger partial charge in [0.1, 0.15) is 5.75 Å². The molecular formula is C22H26O3. The molecule has 3 heteroatoms. The molecule has 1 aliphatic carbocycles. The predicted octanol–water partition coefficient (Wildman–Crippen LogP) is 5.24. The van der Waals surface area contributed by atoms with Gasteiger partial charge in [0.15, 0.2) is 11.5 Å². The number of methoxy groups -OCH3 is 3. The third kappa shape index (κ3) is 3.37. The van der Waals surface area contributed by atoms with E-state index in [1.54, 1.807) is 21.3 Å². The Morgan fingerprint density at radius 2 is 1.56 bits per heavy atom. The van der Waals surface area contributed by atoms with Crippen molar-refractivity contribution in [2.75, 3.05) is 21.3 Å². The molecule has 0 amide bonds. The van der Waals surface area contributed by atoms with E-state index in [4.69, 9.17) is 14.2 Å². The quantitative estimate of drug-likeness (QED) is 0.721. The van der Waals surface area contributed by atoms with E-state index in [-0.39, 0.29) is 0 Å². The second kappa shape index (κ2) is 7.64. The highest BCUT2D eigenvalue weighted by Crippen LogP contribution is 2.44. The van der Waals surface area contributed by atoms with Crippen molar-refractivity contribution < 1.29 is 14.2 Å². The zero-order valence-corrected chi connectivity index (χ0v) is 15.5. The molecule has 0 saturated heterocycles. The van der Waals surface area contributed by atoms with E-state index in [1.807, 2.05) is 6.07 Å². The highest BCUT2D eigenvalue weighted by molar-refractivity contribution is 5.63. The number of ether oxygens (including phenoxy) is 3. The maximum atomic E-state index is 5.67. The maximum absolute atomic E-state index is 5.67. The van der Waals surface area contributed by atoms with Gasteiger partial charge in [-0.3, -0.25) is 0 Å². The highest BCUT2D eigenvalue weighted by atomic mass is 16.5. The summed E-state index contributed by atoms with van der Waals surface area (Å²) in [6, 6.07) is 12.6. The lowest BCUT2D eigenvalue weighted by atomic mass is 9.80. The first-order valence-electron chi connectivity index (χ1n) is 8.80. The van der Waals surface area contributed by atoms with Crippen LogP contribution >= 0.6 is 0 Å². The summed E-state index contributed by atoms with van der Waals surface area (Å²) in [5, 5.41) is 0. The number of allylic oxidation sites excluding steroid dienone is 1. The van der Waals surface area contributed by atoms with Gasteiger partial charge >= 0.3 is 0 Å². The van der Waals surface area contributed by atoms with E-state index in [2.05, 4.69) is 43.3 Å². The van der Waals surface area contributed by atoms with Gasteiger partial charge in [0.2, 0.25) is 0 Å². The van der Waals surface area contributed by atoms with Gasteiger partial charge in [-0.1, -0.05) is 42.8 Å². The smallest absolute Gasteiger partial charge is 0.164 e. The molecule has 0 spiro atoms. The standard InChI is InChI=1S/C22H26O3/c1-5-18(17-11-10-15-8-6-7-9-16(15)12-17)19-13-21(24-3)22(25-4)14-20(19)23-2/h6-9,12-14,18H,5,10-11H2,1-4H3. The number of aryl methyl sites for hydroxylation is 1. The van der Waals surface area contributed by atoms with Crippen LogP contribution in [0.5, 0.6) is 17.2 Å². The molecule has 0 fully saturated rings. The summed E-state index contributed by atoms with van der Waals surface area (Å²) in [5.74, 6) is 2.60. The Labute approximate surface area is 150 Å². The molecule has 0 saturated carbocycles. The topological polar surface area (TPSA) is 27.7 Å². The van der Waals surface area contributed by atoms with Crippen LogP contribution in [-0.2, 0) is 6.42 Å². The summed E-state index contributed by atoms with van der Waals surface area (Å²) in [4.78, 5) is 0. The van der Waals surface area contributed by atoms with Gasteiger partial charge in [0.25, 0.3) is 0 Å². The minimum Gasteiger partial charge on any atom is -0.496 e. The van der Waals surface area contributed by atoms with E-state index < -0.39 is 0 Å². The molecule has 1 aliphatic rings. The molecular weight excluding hydrogens is 312 g/mol. The molecule has 3 rings (SSSR count). The molecule has 0 bridgehead atoms. The fourth-order valence-electron chi connectivity index (χ4n) is 3.74. The average molecular weight is 338 g/mol. The summed E-state index contributed by atoms with van der Waals surface area (Å²) in [6.07, 6.45) is 5.53. The fourth-order valence-corrected chi connectivity index (χ4v) is 3.74. The van der Waals surface area contributed by atoms with Crippen LogP contribution in [0.2, 0.25) is 0 Å². The predicted molar refractivity (Wildman–Crippen MR) is 102 cm³/mol. The van der Waals surface area contributed by atoms with Gasteiger partial charge in [0, 0.05) is 17.5 Å². The molecule has 0 heterocycles. The van der Waals surface area contributed by atoms with Crippen LogP contribution in [0.3, 0.4) is 0 Å². The molecule has 1 unspecified atom stereocenters. The van der Waals surface area contributed by atoms with Crippen molar-refractivity contribution in [3.63, 3.8) is 0 Å². The van der Waals surface area contributed by atoms with Crippen LogP contribution in [0.15, 0.2) is 42.0 Å². The zero-order chi connectivity index (χ0) is 17.8. The molecule has 0 radical (unpaired) electrons. The van der Waals surface area contributed by atoms with Crippen molar-refractivity contribution in [3.8, 4) is 17.2 Å². The summed E-state index contributed by atoms with van der Waals surface area (Å²) >= 11 is 0. The normalized spacial score (nSPS) is 14.3. The summed E-state index contributed by atoms with van der Waals surface area (Å²) in [7, 11) is 5.03. The van der Waals surface area contributed by atoms with Crippen LogP contribution in [0.25, 0.3) is 6.08 Å². The van der Waals surface area contributed by atoms with E-state index >= 15 is 0 Å². The summed E-state index contributed by atoms with van der Waals surface area (Å²) in [6.45, 7) is 2.22. The first kappa shape index (κ1) is 17.4. The van der Waals surface area contributed by atoms with Crippen molar-refractivity contribution in [2.45, 2.75) is 32.1 Å². The number of rotatable bonds is 6. The molecule has 0 aromatic heterocycles. The summed E-state index contributed by atoms with van der Waals surface area (Å²) in [5.41, 5.74) is 5.38. The third-order valence-corrected chi connectivity index (χ3v) is 5.05. The first-order chi connectivity index (χ1) is 12.2. The van der Waals surface area contributed by atoms with Crippen LogP contribution in [-0.4, -0.2) is 21.3 Å². The second-order valence-electron chi connectivity index (χ2n) is 6.33. The van der Waals surface area contributed by atoms with Crippen molar-refractivity contribution in [2.24, 2.45) is 0 Å². The maximum Gasteiger partial charge on any atom is 0.164 e. The van der Waals surface area contributed by atoms with E-state index in [0.717, 1.165) is 36.3 Å². The molecule has 132 valence electrons. The average Bonchev–Trinajstić information content (AvgIpc) is 2.67. The van der Waals surface area contributed by atoms with Gasteiger partial charge in [0.05, 0.1) is 21.3 Å². The monoisotopic (exact) mass is 338 g/mol. The molecule has 0 N–H and O–H groups in total. The Morgan fingerprint density at radius 1 is 0.880 bits per heavy atom. The van der Waals surface area contributed by atoms with E-state index in [9.17, 15) is 0 Å². The number of hydrogen-bond acceptors (Lipinski definition) is 3. The third-order valence-electron chi connectivity index (χ3n) is 5.05. The lowest BCUT2D eigenvalue weighted by Gasteiger charge is -2.26. The van der Waals surface area contributed by atoms with Gasteiger partial charge in [-0.25, -0.2) is 0 Å². The van der Waals surface area contributed by atoms with Crippen molar-refractivity contribution in [1.29, 1.82) is 0 Å². The van der Waals surface area contributed by atoms with Gasteiger partial charge < -0.3 is 14.2 Å². The van der Waals surface area contributed by atoms with Crippen molar-refractivity contribution in [1.82, 2.24) is 0 Å². The largest absolute Gasteiger partial charge is 0.496 e. The van der Waals surface area contributed by atoms with Gasteiger partial charge in [-0.05, 0) is 36.5 Å². The van der Waals surface area contributed by atoms with Crippen LogP contribution in [0.1, 0.15) is 42.4 Å². The molecule has 25 heavy (non-hydrogen) atoms. The number of hydrogen-bond donors (Lipinski definition) is 0. The lowest BCUT2D eigenvalue weighted by Crippen LogP contribution is -2.09. The van der Waals surface area contributed by atoms with Gasteiger partial charge in [-0.2, -0.15) is 0 Å². The van der Waals surface area contributed by atoms with Crippen molar-refractivity contribution in [3.05, 3.63) is 58.7 Å². The van der Waals surface area contributed by atoms with E-state index in [0.29, 0.717) is 11.7 Å². The first-order valence-corrected chi connectivity index (χ1v) is 8.80. The van der Waals surface area contributed by atoms with Gasteiger partial charge in [-0.15, -0.1) is 0 Å². The van der Waals surface area contributed by atoms with Crippen LogP contribution in [0, 0.1) is 0 Å². The zero-order valence-electron chi connectivity index (χ0n) is 15.5. The van der Waals surface area contributed by atoms with Crippen molar-refractivity contribution >= 4 is 6.08 Å². The Morgan fingerprint density at radius 3 is 2.24 bits per heavy atom. The Kier molecular flexibility index (Phi) is 5.32. The molecule has 1 atom stereocenters. The molecule has 3 nitrogen and oxygen atoms in total. The minimum atomic E-state index is 0.308. The SMILES string of the molecule is CCC(C1=Cc2ccccc2CC1)c1cc(OC)c(OC)cc1OC. The molecule has 2 aromatic carbocycles. The van der Waals surface area contributed by atoms with E-state index in [1.165, 1.54) is 16.7 Å². The highest BCUT2D eigenvalue weighted by Gasteiger charge is 2.24. The number of fused-ring (bicyclic) bond motifs is 1. The van der Waals surface area contributed by atoms with Crippen LogP contribution < -0.4 is 14.2 Å². The Bertz CT molecular complexity index is 777. The fraction of sp³-hybridized carbons (Fsp3) is 0.364. The Hall–Kier alpha value is -2.42. The summed E-state index contributed by atoms with van der Waals surface area (Å²) < 4.78 is 16.6. The second-order valence-corrected chi connectivity index (χ2v) is 6.33. The molecule has 2 aromatic rings. The molecule has 0 aliphatic heterocycles. The number of benzene rings is 2. The lowest BCUT2D eigenvalue weighted by molar-refractivity contribution is 0.346. The van der Waals surface area contributed by atoms with Crippen LogP contribution in [0.4, 0.5) is 0 Å².